The van der Waals surface area contributed by atoms with Gasteiger partial charge in [-0.05, 0) is 18.1 Å². The van der Waals surface area contributed by atoms with Crippen LogP contribution >= 0.6 is 0 Å². The van der Waals surface area contributed by atoms with Gasteiger partial charge in [0.15, 0.2) is 5.75 Å². The summed E-state index contributed by atoms with van der Waals surface area (Å²) in [6.07, 6.45) is -0.627. The van der Waals surface area contributed by atoms with E-state index in [1.807, 2.05) is 0 Å². The molecule has 1 aromatic rings. The summed E-state index contributed by atoms with van der Waals surface area (Å²) in [5.74, 6) is -0.526. The maximum atomic E-state index is 10.7. The van der Waals surface area contributed by atoms with E-state index in [0.29, 0.717) is 5.56 Å². The largest absolute Gasteiger partial charge is 0.500 e. The number of hydrogen-bond acceptors (Lipinski definition) is 6. The number of aliphatic hydroxyl groups excluding tert-OH is 1. The van der Waals surface area contributed by atoms with E-state index in [-0.39, 0.29) is 18.7 Å². The van der Waals surface area contributed by atoms with Gasteiger partial charge >= 0.3 is 5.69 Å². The highest BCUT2D eigenvalue weighted by molar-refractivity contribution is 5.57. The van der Waals surface area contributed by atoms with Gasteiger partial charge in [0, 0.05) is 12.6 Å². The van der Waals surface area contributed by atoms with E-state index in [4.69, 9.17) is 10.5 Å². The van der Waals surface area contributed by atoms with Crippen molar-refractivity contribution >= 4 is 5.69 Å². The van der Waals surface area contributed by atoms with Gasteiger partial charge in [0.1, 0.15) is 0 Å². The molecule has 4 N–H and O–H groups in total. The number of phenolic OH excluding ortho intramolecular Hbond substituents is 1. The van der Waals surface area contributed by atoms with E-state index in [9.17, 15) is 20.3 Å². The average Bonchev–Trinajstić information content (AvgIpc) is 2.30. The zero-order chi connectivity index (χ0) is 13.0. The topological polar surface area (TPSA) is 119 Å². The predicted molar refractivity (Wildman–Crippen MR) is 60.1 cm³/mol. The maximum absolute atomic E-state index is 10.7. The lowest BCUT2D eigenvalue weighted by Crippen LogP contribution is -2.22. The summed E-state index contributed by atoms with van der Waals surface area (Å²) in [6, 6.07) is 2.62. The number of rotatable bonds is 5. The van der Waals surface area contributed by atoms with Crippen molar-refractivity contribution in [2.45, 2.75) is 12.5 Å². The third kappa shape index (κ3) is 3.05. The molecule has 94 valence electrons. The van der Waals surface area contributed by atoms with E-state index in [2.05, 4.69) is 0 Å². The SMILES string of the molecule is COc1cc(CC(O)CN)cc([N+](=O)[O-])c1O. The molecule has 0 bridgehead atoms. The maximum Gasteiger partial charge on any atom is 0.314 e. The molecule has 0 spiro atoms. The van der Waals surface area contributed by atoms with Gasteiger partial charge in [0.05, 0.1) is 18.1 Å². The van der Waals surface area contributed by atoms with Crippen molar-refractivity contribution in [3.63, 3.8) is 0 Å². The van der Waals surface area contributed by atoms with E-state index < -0.39 is 22.5 Å². The Morgan fingerprint density at radius 1 is 1.59 bits per heavy atom. The van der Waals surface area contributed by atoms with E-state index in [1.54, 1.807) is 0 Å². The highest BCUT2D eigenvalue weighted by Gasteiger charge is 2.20. The van der Waals surface area contributed by atoms with Crippen molar-refractivity contribution in [2.75, 3.05) is 13.7 Å². The Morgan fingerprint density at radius 2 is 2.24 bits per heavy atom. The molecule has 1 aromatic carbocycles. The summed E-state index contributed by atoms with van der Waals surface area (Å²) in [5, 5.41) is 29.6. The molecule has 0 saturated heterocycles. The van der Waals surface area contributed by atoms with Gasteiger partial charge < -0.3 is 20.7 Å². The Bertz CT molecular complexity index is 421. The molecule has 1 unspecified atom stereocenters. The number of nitro groups is 1. The Labute approximate surface area is 97.6 Å². The Hall–Kier alpha value is -1.86. The lowest BCUT2D eigenvalue weighted by Gasteiger charge is -2.10. The minimum atomic E-state index is -0.788. The van der Waals surface area contributed by atoms with Gasteiger partial charge in [-0.2, -0.15) is 0 Å². The number of aliphatic hydroxyl groups is 1. The van der Waals surface area contributed by atoms with Crippen molar-refractivity contribution in [2.24, 2.45) is 5.73 Å². The van der Waals surface area contributed by atoms with Crippen molar-refractivity contribution in [1.82, 2.24) is 0 Å². The van der Waals surface area contributed by atoms with Gasteiger partial charge in [-0.1, -0.05) is 0 Å². The summed E-state index contributed by atoms with van der Waals surface area (Å²) in [4.78, 5) is 9.99. The second-order valence-electron chi connectivity index (χ2n) is 3.52. The van der Waals surface area contributed by atoms with E-state index in [0.717, 1.165) is 0 Å². The normalized spacial score (nSPS) is 12.2. The number of methoxy groups -OCH3 is 1. The molecule has 1 rings (SSSR count). The first-order valence-electron chi connectivity index (χ1n) is 4.92. The first kappa shape index (κ1) is 13.2. The summed E-state index contributed by atoms with van der Waals surface area (Å²) < 4.78 is 4.82. The van der Waals surface area contributed by atoms with Crippen LogP contribution in [0.15, 0.2) is 12.1 Å². The first-order chi connectivity index (χ1) is 7.99. The van der Waals surface area contributed by atoms with Gasteiger partial charge in [-0.3, -0.25) is 10.1 Å². The second kappa shape index (κ2) is 5.46. The van der Waals surface area contributed by atoms with Crippen LogP contribution in [0.25, 0.3) is 0 Å². The predicted octanol–water partition coefficient (Wildman–Crippen LogP) is 0.171. The fraction of sp³-hybridized carbons (Fsp3) is 0.400. The van der Waals surface area contributed by atoms with Crippen LogP contribution in [0, 0.1) is 10.1 Å². The molecule has 0 aliphatic rings. The first-order valence-corrected chi connectivity index (χ1v) is 4.92. The standard InChI is InChI=1S/C10H14N2O5/c1-17-9-4-6(2-7(13)5-11)3-8(10(9)14)12(15)16/h3-4,7,13-14H,2,5,11H2,1H3. The van der Waals surface area contributed by atoms with Gasteiger partial charge in [0.2, 0.25) is 5.75 Å². The Balaban J connectivity index is 3.15. The molecule has 0 aliphatic heterocycles. The minimum absolute atomic E-state index is 0.00146. The molecule has 0 aromatic heterocycles. The third-order valence-corrected chi connectivity index (χ3v) is 2.27. The molecule has 7 nitrogen and oxygen atoms in total. The zero-order valence-electron chi connectivity index (χ0n) is 9.29. The van der Waals surface area contributed by atoms with E-state index in [1.165, 1.54) is 19.2 Å². The third-order valence-electron chi connectivity index (χ3n) is 2.27. The lowest BCUT2D eigenvalue weighted by atomic mass is 10.1. The van der Waals surface area contributed by atoms with Crippen LogP contribution in [0.5, 0.6) is 11.5 Å². The molecule has 0 fully saturated rings. The molecule has 0 aliphatic carbocycles. The number of nitro benzene ring substituents is 1. The summed E-state index contributed by atoms with van der Waals surface area (Å²) >= 11 is 0. The highest BCUT2D eigenvalue weighted by atomic mass is 16.6. The number of ether oxygens (including phenoxy) is 1. The molecule has 0 radical (unpaired) electrons. The number of nitrogens with two attached hydrogens (primary N) is 1. The van der Waals surface area contributed by atoms with E-state index >= 15 is 0 Å². The van der Waals surface area contributed by atoms with Crippen LogP contribution < -0.4 is 10.5 Å². The van der Waals surface area contributed by atoms with Crippen LogP contribution in [-0.2, 0) is 6.42 Å². The van der Waals surface area contributed by atoms with Crippen LogP contribution in [0.4, 0.5) is 5.69 Å². The number of aromatic hydroxyl groups is 1. The van der Waals surface area contributed by atoms with Gasteiger partial charge in [-0.15, -0.1) is 0 Å². The van der Waals surface area contributed by atoms with Crippen LogP contribution in [0.2, 0.25) is 0 Å². The molecule has 1 atom stereocenters. The Kier molecular flexibility index (Phi) is 4.24. The smallest absolute Gasteiger partial charge is 0.314 e. The van der Waals surface area contributed by atoms with Crippen molar-refractivity contribution in [1.29, 1.82) is 0 Å². The van der Waals surface area contributed by atoms with Crippen LogP contribution in [0.3, 0.4) is 0 Å². The monoisotopic (exact) mass is 242 g/mol. The summed E-state index contributed by atoms with van der Waals surface area (Å²) in [7, 11) is 1.29. The molecular formula is C10H14N2O5. The highest BCUT2D eigenvalue weighted by Crippen LogP contribution is 2.37. The number of benzene rings is 1. The number of hydrogen-bond donors (Lipinski definition) is 3. The number of nitrogens with zero attached hydrogens (tertiary/aromatic N) is 1. The Morgan fingerprint density at radius 3 is 2.71 bits per heavy atom. The lowest BCUT2D eigenvalue weighted by molar-refractivity contribution is -0.386. The molecular weight excluding hydrogens is 228 g/mol. The van der Waals surface area contributed by atoms with Gasteiger partial charge in [-0.25, -0.2) is 0 Å². The molecule has 0 saturated carbocycles. The summed E-state index contributed by atoms with van der Waals surface area (Å²) in [5.41, 5.74) is 5.27. The fourth-order valence-electron chi connectivity index (χ4n) is 1.42. The molecule has 7 heteroatoms. The molecule has 0 heterocycles. The fourth-order valence-corrected chi connectivity index (χ4v) is 1.42. The van der Waals surface area contributed by atoms with Crippen molar-refractivity contribution in [3.8, 4) is 11.5 Å². The quantitative estimate of drug-likeness (QED) is 0.500. The molecule has 0 amide bonds. The number of phenols is 1. The summed E-state index contributed by atoms with van der Waals surface area (Å²) in [6.45, 7) is 0.0526. The molecule has 17 heavy (non-hydrogen) atoms. The van der Waals surface area contributed by atoms with Gasteiger partial charge in [0.25, 0.3) is 0 Å². The minimum Gasteiger partial charge on any atom is -0.500 e. The van der Waals surface area contributed by atoms with Crippen LogP contribution in [-0.4, -0.2) is 34.9 Å². The van der Waals surface area contributed by atoms with Crippen molar-refractivity contribution in [3.05, 3.63) is 27.8 Å². The van der Waals surface area contributed by atoms with Crippen molar-refractivity contribution < 1.29 is 19.9 Å². The zero-order valence-corrected chi connectivity index (χ0v) is 9.29. The van der Waals surface area contributed by atoms with Crippen LogP contribution in [0.1, 0.15) is 5.56 Å². The second-order valence-corrected chi connectivity index (χ2v) is 3.52. The average molecular weight is 242 g/mol.